The second kappa shape index (κ2) is 8.17. The number of hydrogen-bond acceptors (Lipinski definition) is 5. The Kier molecular flexibility index (Phi) is 5.45. The second-order valence-electron chi connectivity index (χ2n) is 6.81. The highest BCUT2D eigenvalue weighted by molar-refractivity contribution is 7.12. The fourth-order valence-corrected chi connectivity index (χ4v) is 4.53. The zero-order chi connectivity index (χ0) is 20.4. The van der Waals surface area contributed by atoms with Crippen molar-refractivity contribution in [2.75, 3.05) is 27.9 Å². The zero-order valence-electron chi connectivity index (χ0n) is 16.7. The van der Waals surface area contributed by atoms with Gasteiger partial charge in [0, 0.05) is 6.54 Å². The van der Waals surface area contributed by atoms with Gasteiger partial charge in [-0.05, 0) is 58.8 Å². The van der Waals surface area contributed by atoms with E-state index in [1.54, 1.807) is 21.3 Å². The SMILES string of the molecule is COc1ccc(C2c3cc(OC)c(OC)cc3CCN2C(=O)c2cccs2)cc1. The number of methoxy groups -OCH3 is 3. The Morgan fingerprint density at radius 1 is 1.00 bits per heavy atom. The zero-order valence-corrected chi connectivity index (χ0v) is 17.5. The molecule has 3 aromatic rings. The van der Waals surface area contributed by atoms with Crippen LogP contribution in [0.1, 0.15) is 32.4 Å². The second-order valence-corrected chi connectivity index (χ2v) is 7.76. The van der Waals surface area contributed by atoms with Crippen LogP contribution >= 0.6 is 11.3 Å². The van der Waals surface area contributed by atoms with Crippen molar-refractivity contribution in [2.24, 2.45) is 0 Å². The molecule has 1 unspecified atom stereocenters. The van der Waals surface area contributed by atoms with Crippen LogP contribution < -0.4 is 14.2 Å². The number of fused-ring (bicyclic) bond motifs is 1. The molecule has 0 bridgehead atoms. The van der Waals surface area contributed by atoms with Gasteiger partial charge in [-0.15, -0.1) is 11.3 Å². The van der Waals surface area contributed by atoms with Crippen molar-refractivity contribution < 1.29 is 19.0 Å². The highest BCUT2D eigenvalue weighted by Gasteiger charge is 2.34. The molecule has 29 heavy (non-hydrogen) atoms. The van der Waals surface area contributed by atoms with Gasteiger partial charge in [0.15, 0.2) is 11.5 Å². The van der Waals surface area contributed by atoms with E-state index < -0.39 is 0 Å². The summed E-state index contributed by atoms with van der Waals surface area (Å²) in [6.07, 6.45) is 0.763. The summed E-state index contributed by atoms with van der Waals surface area (Å²) in [6, 6.07) is 15.5. The van der Waals surface area contributed by atoms with Gasteiger partial charge in [0.1, 0.15) is 5.75 Å². The monoisotopic (exact) mass is 409 g/mol. The molecule has 0 radical (unpaired) electrons. The van der Waals surface area contributed by atoms with Crippen LogP contribution in [0.4, 0.5) is 0 Å². The van der Waals surface area contributed by atoms with Crippen LogP contribution in [0.2, 0.25) is 0 Å². The lowest BCUT2D eigenvalue weighted by atomic mass is 9.87. The predicted octanol–water partition coefficient (Wildman–Crippen LogP) is 4.56. The maximum absolute atomic E-state index is 13.3. The van der Waals surface area contributed by atoms with Crippen molar-refractivity contribution in [1.29, 1.82) is 0 Å². The molecule has 1 aromatic heterocycles. The lowest BCUT2D eigenvalue weighted by molar-refractivity contribution is 0.0699. The number of benzene rings is 2. The smallest absolute Gasteiger partial charge is 0.264 e. The molecule has 0 saturated carbocycles. The van der Waals surface area contributed by atoms with E-state index in [1.807, 2.05) is 58.8 Å². The van der Waals surface area contributed by atoms with Crippen molar-refractivity contribution in [3.05, 3.63) is 75.5 Å². The van der Waals surface area contributed by atoms with Crippen molar-refractivity contribution in [1.82, 2.24) is 4.90 Å². The van der Waals surface area contributed by atoms with Crippen molar-refractivity contribution in [3.63, 3.8) is 0 Å². The average Bonchev–Trinajstić information content (AvgIpc) is 3.32. The van der Waals surface area contributed by atoms with Gasteiger partial charge < -0.3 is 19.1 Å². The van der Waals surface area contributed by atoms with Gasteiger partial charge in [-0.25, -0.2) is 0 Å². The van der Waals surface area contributed by atoms with Crippen LogP contribution in [0.25, 0.3) is 0 Å². The molecule has 1 aliphatic heterocycles. The molecular weight excluding hydrogens is 386 g/mol. The molecule has 1 amide bonds. The minimum absolute atomic E-state index is 0.0428. The van der Waals surface area contributed by atoms with Crippen LogP contribution in [0.15, 0.2) is 53.9 Å². The summed E-state index contributed by atoms with van der Waals surface area (Å²) in [7, 11) is 4.92. The number of nitrogens with zero attached hydrogens (tertiary/aromatic N) is 1. The standard InChI is InChI=1S/C23H23NO4S/c1-26-17-8-6-15(7-9-17)22-18-14-20(28-3)19(27-2)13-16(18)10-11-24(22)23(25)21-5-4-12-29-21/h4-9,12-14,22H,10-11H2,1-3H3. The number of hydrogen-bond donors (Lipinski definition) is 0. The molecule has 1 aliphatic rings. The average molecular weight is 410 g/mol. The first-order valence-corrected chi connectivity index (χ1v) is 10.3. The van der Waals surface area contributed by atoms with Crippen LogP contribution in [-0.4, -0.2) is 38.7 Å². The topological polar surface area (TPSA) is 48.0 Å². The Morgan fingerprint density at radius 3 is 2.34 bits per heavy atom. The molecule has 0 saturated heterocycles. The molecule has 0 spiro atoms. The maximum Gasteiger partial charge on any atom is 0.264 e. The first-order valence-electron chi connectivity index (χ1n) is 9.39. The summed E-state index contributed by atoms with van der Waals surface area (Å²) >= 11 is 1.47. The van der Waals surface area contributed by atoms with Gasteiger partial charge >= 0.3 is 0 Å². The fourth-order valence-electron chi connectivity index (χ4n) is 3.85. The van der Waals surface area contributed by atoms with E-state index in [2.05, 4.69) is 0 Å². The van der Waals surface area contributed by atoms with Crippen molar-refractivity contribution >= 4 is 17.2 Å². The molecule has 0 N–H and O–H groups in total. The third-order valence-corrected chi connectivity index (χ3v) is 6.16. The van der Waals surface area contributed by atoms with E-state index >= 15 is 0 Å². The molecule has 4 rings (SSSR count). The summed E-state index contributed by atoms with van der Waals surface area (Å²) in [5.74, 6) is 2.20. The summed E-state index contributed by atoms with van der Waals surface area (Å²) in [5.41, 5.74) is 3.26. The molecule has 5 nitrogen and oxygen atoms in total. The highest BCUT2D eigenvalue weighted by atomic mass is 32.1. The maximum atomic E-state index is 13.3. The third-order valence-electron chi connectivity index (χ3n) is 5.30. The van der Waals surface area contributed by atoms with Gasteiger partial charge in [0.25, 0.3) is 5.91 Å². The fraction of sp³-hybridized carbons (Fsp3) is 0.261. The van der Waals surface area contributed by atoms with Gasteiger partial charge in [0.2, 0.25) is 0 Å². The van der Waals surface area contributed by atoms with E-state index in [4.69, 9.17) is 14.2 Å². The van der Waals surface area contributed by atoms with Gasteiger partial charge in [-0.1, -0.05) is 18.2 Å². The van der Waals surface area contributed by atoms with E-state index in [0.29, 0.717) is 18.0 Å². The lowest BCUT2D eigenvalue weighted by Gasteiger charge is -2.38. The normalized spacial score (nSPS) is 15.6. The summed E-state index contributed by atoms with van der Waals surface area (Å²) in [4.78, 5) is 16.0. The van der Waals surface area contributed by atoms with Gasteiger partial charge in [-0.3, -0.25) is 4.79 Å². The molecule has 150 valence electrons. The minimum Gasteiger partial charge on any atom is -0.497 e. The highest BCUT2D eigenvalue weighted by Crippen LogP contribution is 2.42. The Bertz CT molecular complexity index is 998. The quantitative estimate of drug-likeness (QED) is 0.620. The third kappa shape index (κ3) is 3.56. The number of rotatable bonds is 5. The first kappa shape index (κ1) is 19.3. The molecule has 6 heteroatoms. The summed E-state index contributed by atoms with van der Waals surface area (Å²) in [6.45, 7) is 0.635. The predicted molar refractivity (Wildman–Crippen MR) is 113 cm³/mol. The van der Waals surface area contributed by atoms with Gasteiger partial charge in [-0.2, -0.15) is 0 Å². The van der Waals surface area contributed by atoms with E-state index in [9.17, 15) is 4.79 Å². The molecular formula is C23H23NO4S. The molecule has 2 heterocycles. The number of carbonyl (C=O) groups is 1. The van der Waals surface area contributed by atoms with E-state index in [-0.39, 0.29) is 11.9 Å². The number of ether oxygens (including phenoxy) is 3. The Hall–Kier alpha value is -2.99. The first-order chi connectivity index (χ1) is 14.2. The van der Waals surface area contributed by atoms with Crippen LogP contribution in [0.3, 0.4) is 0 Å². The van der Waals surface area contributed by atoms with Crippen molar-refractivity contribution in [2.45, 2.75) is 12.5 Å². The minimum atomic E-state index is -0.209. The number of carbonyl (C=O) groups excluding carboxylic acids is 1. The van der Waals surface area contributed by atoms with E-state index in [0.717, 1.165) is 28.2 Å². The Balaban J connectivity index is 1.84. The summed E-state index contributed by atoms with van der Waals surface area (Å²) in [5, 5.41) is 1.93. The van der Waals surface area contributed by atoms with Crippen LogP contribution in [0, 0.1) is 0 Å². The van der Waals surface area contributed by atoms with Crippen LogP contribution in [0.5, 0.6) is 17.2 Å². The Morgan fingerprint density at radius 2 is 1.72 bits per heavy atom. The summed E-state index contributed by atoms with van der Waals surface area (Å²) < 4.78 is 16.3. The molecule has 0 fully saturated rings. The number of thiophene rings is 1. The molecule has 1 atom stereocenters. The number of amides is 1. The van der Waals surface area contributed by atoms with Crippen LogP contribution in [-0.2, 0) is 6.42 Å². The largest absolute Gasteiger partial charge is 0.497 e. The Labute approximate surface area is 174 Å². The lowest BCUT2D eigenvalue weighted by Crippen LogP contribution is -2.40. The van der Waals surface area contributed by atoms with E-state index in [1.165, 1.54) is 16.9 Å². The molecule has 2 aromatic carbocycles. The van der Waals surface area contributed by atoms with Gasteiger partial charge in [0.05, 0.1) is 32.2 Å². The van der Waals surface area contributed by atoms with Crippen molar-refractivity contribution in [3.8, 4) is 17.2 Å². The molecule has 0 aliphatic carbocycles.